The van der Waals surface area contributed by atoms with E-state index in [9.17, 15) is 0 Å². The predicted octanol–water partition coefficient (Wildman–Crippen LogP) is 15.1. The highest BCUT2D eigenvalue weighted by molar-refractivity contribution is 7.25. The third kappa shape index (κ3) is 4.86. The number of hydrogen-bond acceptors (Lipinski definition) is 3. The highest BCUT2D eigenvalue weighted by Crippen LogP contribution is 2.46. The molecule has 11 aromatic rings. The van der Waals surface area contributed by atoms with Crippen molar-refractivity contribution in [1.29, 1.82) is 0 Å². The lowest BCUT2D eigenvalue weighted by Gasteiger charge is -2.27. The fourth-order valence-electron chi connectivity index (χ4n) is 8.14. The van der Waals surface area contributed by atoms with Crippen LogP contribution < -0.4 is 4.90 Å². The van der Waals surface area contributed by atoms with Crippen molar-refractivity contribution in [1.82, 2.24) is 0 Å². The fraction of sp³-hybridized carbons (Fsp3) is 0. The Morgan fingerprint density at radius 2 is 1.06 bits per heavy atom. The van der Waals surface area contributed by atoms with E-state index in [0.29, 0.717) is 0 Å². The van der Waals surface area contributed by atoms with E-state index in [2.05, 4.69) is 187 Å². The summed E-state index contributed by atoms with van der Waals surface area (Å²) >= 11 is 1.86. The Labute approximate surface area is 310 Å². The molecule has 0 spiro atoms. The Kier molecular flexibility index (Phi) is 6.76. The minimum absolute atomic E-state index is 0.867. The maximum atomic E-state index is 6.70. The van der Waals surface area contributed by atoms with E-state index < -0.39 is 0 Å². The van der Waals surface area contributed by atoms with E-state index in [4.69, 9.17) is 4.42 Å². The standard InChI is InChI=1S/C50H31NOS/c1-2-11-32(12-3-1)43-31-37(26-27-39(43)35-24-28-49-45(29-35)41-16-7-9-20-48(41)53-49)51(46-18-10-17-42-40-15-6-8-19-47(40)52-50(42)46)36-25-23-34-22-21-33-13-4-5-14-38(33)44(34)30-36/h1-31H. The molecule has 2 nitrogen and oxygen atoms in total. The molecule has 248 valence electrons. The highest BCUT2D eigenvalue weighted by Gasteiger charge is 2.22. The van der Waals surface area contributed by atoms with Crippen LogP contribution in [0.25, 0.3) is 85.9 Å². The van der Waals surface area contributed by atoms with Gasteiger partial charge in [0, 0.05) is 42.3 Å². The van der Waals surface area contributed by atoms with Gasteiger partial charge in [0.05, 0.1) is 5.69 Å². The minimum Gasteiger partial charge on any atom is -0.454 e. The molecule has 0 saturated carbocycles. The Hall–Kier alpha value is -6.68. The van der Waals surface area contributed by atoms with Crippen molar-refractivity contribution in [3.63, 3.8) is 0 Å². The van der Waals surface area contributed by atoms with Crippen molar-refractivity contribution in [2.24, 2.45) is 0 Å². The highest BCUT2D eigenvalue weighted by atomic mass is 32.1. The van der Waals surface area contributed by atoms with Crippen LogP contribution in [-0.4, -0.2) is 0 Å². The number of furan rings is 1. The molecule has 2 heterocycles. The number of fused-ring (bicyclic) bond motifs is 9. The van der Waals surface area contributed by atoms with Crippen LogP contribution in [-0.2, 0) is 0 Å². The normalized spacial score (nSPS) is 11.8. The zero-order valence-corrected chi connectivity index (χ0v) is 29.5. The predicted molar refractivity (Wildman–Crippen MR) is 227 cm³/mol. The van der Waals surface area contributed by atoms with E-state index in [1.807, 2.05) is 17.4 Å². The zero-order valence-electron chi connectivity index (χ0n) is 28.7. The van der Waals surface area contributed by atoms with E-state index in [1.54, 1.807) is 0 Å². The first-order chi connectivity index (χ1) is 26.3. The third-order valence-electron chi connectivity index (χ3n) is 10.6. The number of nitrogens with zero attached hydrogens (tertiary/aromatic N) is 1. The summed E-state index contributed by atoms with van der Waals surface area (Å²) in [5.41, 5.74) is 9.63. The smallest absolute Gasteiger partial charge is 0.159 e. The van der Waals surface area contributed by atoms with Gasteiger partial charge in [0.2, 0.25) is 0 Å². The maximum Gasteiger partial charge on any atom is 0.159 e. The number of thiophene rings is 1. The van der Waals surface area contributed by atoms with Crippen LogP contribution in [0.2, 0.25) is 0 Å². The average molecular weight is 694 g/mol. The van der Waals surface area contributed by atoms with Gasteiger partial charge in [0.25, 0.3) is 0 Å². The molecule has 0 bridgehead atoms. The van der Waals surface area contributed by atoms with Gasteiger partial charge in [-0.2, -0.15) is 0 Å². The van der Waals surface area contributed by atoms with Gasteiger partial charge >= 0.3 is 0 Å². The average Bonchev–Trinajstić information content (AvgIpc) is 3.80. The lowest BCUT2D eigenvalue weighted by atomic mass is 9.92. The van der Waals surface area contributed by atoms with E-state index in [0.717, 1.165) is 39.0 Å². The quantitative estimate of drug-likeness (QED) is 0.167. The molecule has 0 aliphatic heterocycles. The van der Waals surface area contributed by atoms with Crippen LogP contribution in [0, 0.1) is 0 Å². The van der Waals surface area contributed by atoms with Gasteiger partial charge in [0.15, 0.2) is 5.58 Å². The van der Waals surface area contributed by atoms with Crippen LogP contribution in [0.4, 0.5) is 17.1 Å². The second-order valence-electron chi connectivity index (χ2n) is 13.7. The van der Waals surface area contributed by atoms with E-state index in [1.165, 1.54) is 64.0 Å². The van der Waals surface area contributed by atoms with Crippen LogP contribution in [0.3, 0.4) is 0 Å². The number of para-hydroxylation sites is 2. The molecule has 0 radical (unpaired) electrons. The van der Waals surface area contributed by atoms with Crippen molar-refractivity contribution in [2.45, 2.75) is 0 Å². The van der Waals surface area contributed by atoms with Gasteiger partial charge in [0.1, 0.15) is 5.58 Å². The van der Waals surface area contributed by atoms with Crippen LogP contribution in [0.5, 0.6) is 0 Å². The summed E-state index contributed by atoms with van der Waals surface area (Å²) in [5.74, 6) is 0. The van der Waals surface area contributed by atoms with Crippen LogP contribution in [0.15, 0.2) is 192 Å². The van der Waals surface area contributed by atoms with Crippen LogP contribution in [0.1, 0.15) is 0 Å². The largest absolute Gasteiger partial charge is 0.454 e. The maximum absolute atomic E-state index is 6.70. The number of hydrogen-bond donors (Lipinski definition) is 0. The molecule has 53 heavy (non-hydrogen) atoms. The lowest BCUT2D eigenvalue weighted by molar-refractivity contribution is 0.669. The number of rotatable bonds is 5. The second-order valence-corrected chi connectivity index (χ2v) is 14.8. The van der Waals surface area contributed by atoms with Crippen molar-refractivity contribution in [3.8, 4) is 22.3 Å². The molecule has 0 amide bonds. The van der Waals surface area contributed by atoms with Crippen molar-refractivity contribution >= 4 is 92.1 Å². The number of anilines is 3. The van der Waals surface area contributed by atoms with Gasteiger partial charge in [-0.25, -0.2) is 0 Å². The first kappa shape index (κ1) is 30.0. The van der Waals surface area contributed by atoms with E-state index >= 15 is 0 Å². The Morgan fingerprint density at radius 3 is 1.96 bits per heavy atom. The van der Waals surface area contributed by atoms with Gasteiger partial charge in [-0.05, 0) is 98.4 Å². The fourth-order valence-corrected chi connectivity index (χ4v) is 9.22. The first-order valence-electron chi connectivity index (χ1n) is 18.0. The van der Waals surface area contributed by atoms with Gasteiger partial charge in [-0.15, -0.1) is 11.3 Å². The molecular weight excluding hydrogens is 663 g/mol. The summed E-state index contributed by atoms with van der Waals surface area (Å²) in [5, 5.41) is 9.73. The lowest BCUT2D eigenvalue weighted by Crippen LogP contribution is -2.10. The van der Waals surface area contributed by atoms with Crippen molar-refractivity contribution in [2.75, 3.05) is 4.90 Å². The van der Waals surface area contributed by atoms with Gasteiger partial charge in [-0.3, -0.25) is 0 Å². The Bertz CT molecular complexity index is 3190. The molecule has 0 saturated heterocycles. The Balaban J connectivity index is 1.18. The molecule has 0 N–H and O–H groups in total. The Morgan fingerprint density at radius 1 is 0.377 bits per heavy atom. The summed E-state index contributed by atoms with van der Waals surface area (Å²) in [7, 11) is 0. The molecule has 0 aliphatic rings. The zero-order chi connectivity index (χ0) is 34.9. The summed E-state index contributed by atoms with van der Waals surface area (Å²) < 4.78 is 9.32. The van der Waals surface area contributed by atoms with Gasteiger partial charge in [-0.1, -0.05) is 133 Å². The summed E-state index contributed by atoms with van der Waals surface area (Å²) in [4.78, 5) is 2.37. The third-order valence-corrected chi connectivity index (χ3v) is 11.8. The SMILES string of the molecule is c1ccc(-c2cc(N(c3ccc4ccc5ccccc5c4c3)c3cccc4c3oc3ccccc34)ccc2-c2ccc3sc4ccccc4c3c2)cc1. The summed E-state index contributed by atoms with van der Waals surface area (Å²) in [6.07, 6.45) is 0. The molecule has 0 aliphatic carbocycles. The first-order valence-corrected chi connectivity index (χ1v) is 18.8. The van der Waals surface area contributed by atoms with Gasteiger partial charge < -0.3 is 9.32 Å². The van der Waals surface area contributed by atoms with Crippen molar-refractivity contribution in [3.05, 3.63) is 188 Å². The molecule has 3 heteroatoms. The molecule has 0 atom stereocenters. The molecule has 0 unspecified atom stereocenters. The topological polar surface area (TPSA) is 16.4 Å². The summed E-state index contributed by atoms with van der Waals surface area (Å²) in [6, 6.07) is 68.1. The minimum atomic E-state index is 0.867. The number of benzene rings is 9. The molecule has 0 fully saturated rings. The second kappa shape index (κ2) is 11.9. The molecule has 11 rings (SSSR count). The molecular formula is C50H31NOS. The monoisotopic (exact) mass is 693 g/mol. The molecule has 2 aromatic heterocycles. The van der Waals surface area contributed by atoms with Crippen LogP contribution >= 0.6 is 11.3 Å². The van der Waals surface area contributed by atoms with E-state index in [-0.39, 0.29) is 0 Å². The molecule has 9 aromatic carbocycles. The van der Waals surface area contributed by atoms with Crippen molar-refractivity contribution < 1.29 is 4.42 Å². The summed E-state index contributed by atoms with van der Waals surface area (Å²) in [6.45, 7) is 0.